The number of rotatable bonds is 3. The smallest absolute Gasteiger partial charge is 0.257 e. The van der Waals surface area contributed by atoms with Crippen LogP contribution in [0.25, 0.3) is 0 Å². The van der Waals surface area contributed by atoms with Gasteiger partial charge in [0.25, 0.3) is 5.91 Å². The number of amides is 1. The maximum Gasteiger partial charge on any atom is 0.257 e. The van der Waals surface area contributed by atoms with E-state index in [4.69, 9.17) is 4.74 Å². The summed E-state index contributed by atoms with van der Waals surface area (Å²) >= 11 is 0. The average molecular weight is 393 g/mol. The summed E-state index contributed by atoms with van der Waals surface area (Å²) in [5.41, 5.74) is 2.70. The molecule has 6 nitrogen and oxygen atoms in total. The van der Waals surface area contributed by atoms with E-state index in [-0.39, 0.29) is 11.9 Å². The Morgan fingerprint density at radius 1 is 1.10 bits per heavy atom. The van der Waals surface area contributed by atoms with E-state index in [0.29, 0.717) is 29.3 Å². The predicted octanol–water partition coefficient (Wildman–Crippen LogP) is 2.80. The molecule has 0 aliphatic carbocycles. The molecule has 0 saturated carbocycles. The van der Waals surface area contributed by atoms with Crippen LogP contribution >= 0.6 is 0 Å². The van der Waals surface area contributed by atoms with Gasteiger partial charge < -0.3 is 9.64 Å². The number of benzene rings is 1. The number of fused-ring (bicyclic) bond motifs is 2. The molecule has 2 aromatic rings. The van der Waals surface area contributed by atoms with Crippen molar-refractivity contribution in [3.63, 3.8) is 0 Å². The summed E-state index contributed by atoms with van der Waals surface area (Å²) in [6.07, 6.45) is 4.07. The summed E-state index contributed by atoms with van der Waals surface area (Å²) < 4.78 is 5.34. The second-order valence-electron chi connectivity index (χ2n) is 8.61. The van der Waals surface area contributed by atoms with Crippen molar-refractivity contribution in [1.82, 2.24) is 19.8 Å². The lowest BCUT2D eigenvalue weighted by Crippen LogP contribution is -2.60. The van der Waals surface area contributed by atoms with E-state index in [0.717, 1.165) is 31.1 Å². The van der Waals surface area contributed by atoms with Gasteiger partial charge in [0.2, 0.25) is 0 Å². The molecule has 4 saturated heterocycles. The minimum Gasteiger partial charge on any atom is -0.497 e. The summed E-state index contributed by atoms with van der Waals surface area (Å²) in [5, 5.41) is 0. The third-order valence-corrected chi connectivity index (χ3v) is 7.13. The maximum absolute atomic E-state index is 13.6. The van der Waals surface area contributed by atoms with E-state index in [1.54, 1.807) is 13.3 Å². The summed E-state index contributed by atoms with van der Waals surface area (Å²) in [6.45, 7) is 6.81. The lowest BCUT2D eigenvalue weighted by molar-refractivity contribution is -0.00346. The molecule has 1 aromatic carbocycles. The van der Waals surface area contributed by atoms with Gasteiger partial charge >= 0.3 is 0 Å². The highest BCUT2D eigenvalue weighted by Crippen LogP contribution is 2.47. The molecule has 1 amide bonds. The summed E-state index contributed by atoms with van der Waals surface area (Å²) in [5.74, 6) is 2.57. The zero-order valence-electron chi connectivity index (χ0n) is 17.3. The zero-order valence-corrected chi connectivity index (χ0v) is 17.3. The molecule has 4 fully saturated rings. The normalized spacial score (nSPS) is 30.3. The molecule has 152 valence electrons. The zero-order chi connectivity index (χ0) is 20.1. The van der Waals surface area contributed by atoms with Gasteiger partial charge in [-0.05, 0) is 63.4 Å². The molecule has 3 atom stereocenters. The van der Waals surface area contributed by atoms with E-state index < -0.39 is 0 Å². The Morgan fingerprint density at radius 3 is 2.48 bits per heavy atom. The molecule has 6 heteroatoms. The number of hydrogen-bond donors (Lipinski definition) is 0. The minimum atomic E-state index is 0.0854. The van der Waals surface area contributed by atoms with Gasteiger partial charge in [0, 0.05) is 24.7 Å². The number of aryl methyl sites for hydroxylation is 2. The number of carbonyl (C=O) groups is 1. The fourth-order valence-electron chi connectivity index (χ4n) is 5.75. The Balaban J connectivity index is 1.51. The van der Waals surface area contributed by atoms with Crippen molar-refractivity contribution in [2.75, 3.05) is 26.7 Å². The molecule has 0 spiro atoms. The van der Waals surface area contributed by atoms with Crippen molar-refractivity contribution in [1.29, 1.82) is 0 Å². The van der Waals surface area contributed by atoms with Gasteiger partial charge in [-0.25, -0.2) is 9.97 Å². The molecule has 1 aromatic heterocycles. The standard InChI is InChI=1S/C23H28N4O2/c1-14-19(12-24-15(2)25-14)23(28)27-13-20(16-4-6-18(29-3)7-5-16)22-21(27)17-8-10-26(22)11-9-17/h4-7,12,17,20-22H,8-11,13H2,1-3H3/t20-,21+,22+/m0/s1. The van der Waals surface area contributed by atoms with Crippen LogP contribution in [0.1, 0.15) is 46.2 Å². The van der Waals surface area contributed by atoms with E-state index in [1.807, 2.05) is 26.0 Å². The van der Waals surface area contributed by atoms with Gasteiger partial charge in [-0.15, -0.1) is 0 Å². The average Bonchev–Trinajstić information content (AvgIpc) is 3.17. The predicted molar refractivity (Wildman–Crippen MR) is 110 cm³/mol. The Labute approximate surface area is 171 Å². The largest absolute Gasteiger partial charge is 0.497 e. The molecule has 2 bridgehead atoms. The molecule has 29 heavy (non-hydrogen) atoms. The van der Waals surface area contributed by atoms with Gasteiger partial charge in [-0.3, -0.25) is 9.69 Å². The number of methoxy groups -OCH3 is 1. The molecular formula is C23H28N4O2. The molecular weight excluding hydrogens is 364 g/mol. The van der Waals surface area contributed by atoms with Crippen molar-refractivity contribution in [3.8, 4) is 5.75 Å². The topological polar surface area (TPSA) is 58.6 Å². The van der Waals surface area contributed by atoms with Crippen molar-refractivity contribution in [2.45, 2.75) is 44.7 Å². The number of piperidine rings is 3. The Morgan fingerprint density at radius 2 is 1.83 bits per heavy atom. The second kappa shape index (κ2) is 7.10. The number of hydrogen-bond acceptors (Lipinski definition) is 5. The first-order valence-corrected chi connectivity index (χ1v) is 10.6. The summed E-state index contributed by atoms with van der Waals surface area (Å²) in [7, 11) is 1.69. The Hall–Kier alpha value is -2.47. The number of aromatic nitrogens is 2. The molecule has 5 heterocycles. The number of likely N-dealkylation sites (tertiary alicyclic amines) is 1. The van der Waals surface area contributed by atoms with Gasteiger partial charge in [0.05, 0.1) is 24.4 Å². The molecule has 0 unspecified atom stereocenters. The van der Waals surface area contributed by atoms with Crippen molar-refractivity contribution in [3.05, 3.63) is 53.1 Å². The van der Waals surface area contributed by atoms with Crippen molar-refractivity contribution in [2.24, 2.45) is 5.92 Å². The number of nitrogens with zero attached hydrogens (tertiary/aromatic N) is 4. The first-order chi connectivity index (χ1) is 14.1. The van der Waals surface area contributed by atoms with Crippen LogP contribution in [0.4, 0.5) is 0 Å². The maximum atomic E-state index is 13.6. The third kappa shape index (κ3) is 3.01. The molecule has 0 N–H and O–H groups in total. The highest BCUT2D eigenvalue weighted by molar-refractivity contribution is 5.95. The first-order valence-electron chi connectivity index (χ1n) is 10.6. The van der Waals surface area contributed by atoms with Crippen LogP contribution < -0.4 is 4.74 Å². The van der Waals surface area contributed by atoms with E-state index in [2.05, 4.69) is 31.9 Å². The van der Waals surface area contributed by atoms with Crippen LogP contribution in [0.15, 0.2) is 30.5 Å². The van der Waals surface area contributed by atoms with Crippen LogP contribution in [-0.2, 0) is 0 Å². The van der Waals surface area contributed by atoms with Crippen LogP contribution in [0, 0.1) is 19.8 Å². The lowest BCUT2D eigenvalue weighted by atomic mass is 9.75. The fourth-order valence-corrected chi connectivity index (χ4v) is 5.75. The van der Waals surface area contributed by atoms with Gasteiger partial charge in [0.15, 0.2) is 0 Å². The molecule has 4 aliphatic heterocycles. The minimum absolute atomic E-state index is 0.0854. The van der Waals surface area contributed by atoms with Gasteiger partial charge in [-0.2, -0.15) is 0 Å². The SMILES string of the molecule is COc1ccc([C@@H]2CN(C(=O)c3cnc(C)nc3C)[C@@H]3C4CCN(CC4)[C@@H]32)cc1. The quantitative estimate of drug-likeness (QED) is 0.804. The fraction of sp³-hybridized carbons (Fsp3) is 0.522. The van der Waals surface area contributed by atoms with Crippen LogP contribution in [0.5, 0.6) is 5.75 Å². The number of ether oxygens (including phenoxy) is 1. The molecule has 0 radical (unpaired) electrons. The third-order valence-electron chi connectivity index (χ3n) is 7.13. The van der Waals surface area contributed by atoms with Gasteiger partial charge in [0.1, 0.15) is 11.6 Å². The molecule has 6 rings (SSSR count). The van der Waals surface area contributed by atoms with E-state index in [1.165, 1.54) is 18.4 Å². The Bertz CT molecular complexity index is 921. The van der Waals surface area contributed by atoms with Crippen molar-refractivity contribution >= 4 is 5.91 Å². The highest BCUT2D eigenvalue weighted by atomic mass is 16.5. The summed E-state index contributed by atoms with van der Waals surface area (Å²) in [4.78, 5) is 27.1. The highest BCUT2D eigenvalue weighted by Gasteiger charge is 2.54. The lowest BCUT2D eigenvalue weighted by Gasteiger charge is -2.51. The van der Waals surface area contributed by atoms with E-state index in [9.17, 15) is 4.79 Å². The monoisotopic (exact) mass is 392 g/mol. The van der Waals surface area contributed by atoms with Crippen molar-refractivity contribution < 1.29 is 9.53 Å². The van der Waals surface area contributed by atoms with Crippen LogP contribution in [-0.4, -0.2) is 64.5 Å². The Kier molecular flexibility index (Phi) is 4.54. The second-order valence-corrected chi connectivity index (χ2v) is 8.61. The van der Waals surface area contributed by atoms with E-state index >= 15 is 0 Å². The number of carbonyl (C=O) groups excluding carboxylic acids is 1. The van der Waals surface area contributed by atoms with Crippen LogP contribution in [0.2, 0.25) is 0 Å². The summed E-state index contributed by atoms with van der Waals surface area (Å²) in [6, 6.07) is 9.06. The van der Waals surface area contributed by atoms with Crippen LogP contribution in [0.3, 0.4) is 0 Å². The van der Waals surface area contributed by atoms with Gasteiger partial charge in [-0.1, -0.05) is 12.1 Å². The first kappa shape index (κ1) is 18.6. The molecule has 4 aliphatic rings.